The lowest BCUT2D eigenvalue weighted by Crippen LogP contribution is -1.89. The van der Waals surface area contributed by atoms with Crippen LogP contribution in [0.25, 0.3) is 0 Å². The van der Waals surface area contributed by atoms with E-state index in [1.165, 1.54) is 0 Å². The van der Waals surface area contributed by atoms with E-state index in [0.29, 0.717) is 0 Å². The molecule has 0 unspecified atom stereocenters. The van der Waals surface area contributed by atoms with Crippen LogP contribution in [0.1, 0.15) is 5.56 Å². The Morgan fingerprint density at radius 3 is 2.45 bits per heavy atom. The summed E-state index contributed by atoms with van der Waals surface area (Å²) in [5.41, 5.74) is 0.272. The molecule has 0 aliphatic rings. The highest BCUT2D eigenvalue weighted by Crippen LogP contribution is 2.20. The van der Waals surface area contributed by atoms with Gasteiger partial charge in [-0.15, -0.1) is 0 Å². The maximum atomic E-state index is 12.8. The maximum absolute atomic E-state index is 12.8. The molecule has 60 valence electrons. The molecule has 0 N–H and O–H groups in total. The maximum Gasteiger partial charge on any atom is 0.137 e. The average Bonchev–Trinajstić information content (AvgIpc) is 1.97. The fraction of sp³-hybridized carbons (Fsp3) is 0.143. The van der Waals surface area contributed by atoms with Gasteiger partial charge < -0.3 is 0 Å². The van der Waals surface area contributed by atoms with Gasteiger partial charge in [0.05, 0.1) is 4.47 Å². The van der Waals surface area contributed by atoms with Crippen molar-refractivity contribution in [3.8, 4) is 0 Å². The third-order valence-corrected chi connectivity index (χ3v) is 2.21. The Labute approximate surface area is 77.2 Å². The Morgan fingerprint density at radius 2 is 1.91 bits per heavy atom. The van der Waals surface area contributed by atoms with Crippen molar-refractivity contribution < 1.29 is 8.78 Å². The number of hydrogen-bond donors (Lipinski definition) is 1. The van der Waals surface area contributed by atoms with Gasteiger partial charge in [0.15, 0.2) is 0 Å². The average molecular weight is 239 g/mol. The van der Waals surface area contributed by atoms with Crippen molar-refractivity contribution in [3.05, 3.63) is 33.8 Å². The molecule has 4 heteroatoms. The van der Waals surface area contributed by atoms with E-state index in [2.05, 4.69) is 28.6 Å². The van der Waals surface area contributed by atoms with Gasteiger partial charge in [-0.05, 0) is 28.1 Å². The van der Waals surface area contributed by atoms with E-state index in [0.717, 1.165) is 12.1 Å². The molecule has 0 radical (unpaired) electrons. The highest BCUT2D eigenvalue weighted by Gasteiger charge is 2.05. The molecule has 0 fully saturated rings. The summed E-state index contributed by atoms with van der Waals surface area (Å²) in [4.78, 5) is 0. The van der Waals surface area contributed by atoms with E-state index in [1.54, 1.807) is 0 Å². The lowest BCUT2D eigenvalue weighted by molar-refractivity contribution is 0.586. The summed E-state index contributed by atoms with van der Waals surface area (Å²) in [5, 5.41) is 0. The Balaban J connectivity index is 3.21. The first-order valence-corrected chi connectivity index (χ1v) is 4.32. The Bertz CT molecular complexity index is 275. The van der Waals surface area contributed by atoms with Gasteiger partial charge in [0.1, 0.15) is 11.6 Å². The van der Waals surface area contributed by atoms with E-state index < -0.39 is 11.6 Å². The third kappa shape index (κ3) is 1.93. The minimum absolute atomic E-state index is 0.139. The van der Waals surface area contributed by atoms with Gasteiger partial charge in [-0.1, -0.05) is 0 Å². The van der Waals surface area contributed by atoms with Crippen LogP contribution in [-0.4, -0.2) is 0 Å². The summed E-state index contributed by atoms with van der Waals surface area (Å²) in [5.74, 6) is -0.695. The van der Waals surface area contributed by atoms with Crippen molar-refractivity contribution in [3.63, 3.8) is 0 Å². The molecule has 0 bridgehead atoms. The van der Waals surface area contributed by atoms with Gasteiger partial charge in [0.2, 0.25) is 0 Å². The normalized spacial score (nSPS) is 10.2. The number of rotatable bonds is 1. The molecule has 0 aliphatic heterocycles. The summed E-state index contributed by atoms with van der Waals surface area (Å²) < 4.78 is 25.6. The first-order valence-electron chi connectivity index (χ1n) is 2.89. The van der Waals surface area contributed by atoms with Crippen molar-refractivity contribution in [2.24, 2.45) is 0 Å². The predicted octanol–water partition coefficient (Wildman–Crippen LogP) is 3.16. The second kappa shape index (κ2) is 3.54. The molecule has 0 saturated heterocycles. The topological polar surface area (TPSA) is 0 Å². The minimum atomic E-state index is -0.463. The number of hydrogen-bond acceptors (Lipinski definition) is 1. The zero-order chi connectivity index (χ0) is 8.43. The molecule has 11 heavy (non-hydrogen) atoms. The summed E-state index contributed by atoms with van der Waals surface area (Å²) in [6.45, 7) is 0. The van der Waals surface area contributed by atoms with E-state index >= 15 is 0 Å². The minimum Gasteiger partial charge on any atom is -0.207 e. The van der Waals surface area contributed by atoms with Crippen LogP contribution in [0.2, 0.25) is 0 Å². The molecule has 0 spiro atoms. The van der Waals surface area contributed by atoms with Crippen LogP contribution in [0, 0.1) is 11.6 Å². The lowest BCUT2D eigenvalue weighted by Gasteiger charge is -2.00. The summed E-state index contributed by atoms with van der Waals surface area (Å²) >= 11 is 6.71. The number of thiol groups is 1. The molecule has 1 aromatic carbocycles. The Hall–Kier alpha value is -0.0900. The predicted molar refractivity (Wildman–Crippen MR) is 46.7 cm³/mol. The molecule has 0 nitrogen and oxygen atoms in total. The molecule has 0 saturated carbocycles. The van der Waals surface area contributed by atoms with Crippen molar-refractivity contribution in [1.29, 1.82) is 0 Å². The SMILES string of the molecule is Fc1cc(CS)c(F)cc1Br. The lowest BCUT2D eigenvalue weighted by atomic mass is 10.2. The van der Waals surface area contributed by atoms with Crippen LogP contribution in [0.4, 0.5) is 8.78 Å². The zero-order valence-corrected chi connectivity index (χ0v) is 7.92. The molecular formula is C7H5BrF2S. The summed E-state index contributed by atoms with van der Waals surface area (Å²) in [6, 6.07) is 2.23. The highest BCUT2D eigenvalue weighted by atomic mass is 79.9. The zero-order valence-electron chi connectivity index (χ0n) is 5.44. The van der Waals surface area contributed by atoms with E-state index in [-0.39, 0.29) is 15.8 Å². The molecule has 0 aromatic heterocycles. The Kier molecular flexibility index (Phi) is 2.90. The van der Waals surface area contributed by atoms with Gasteiger partial charge in [0, 0.05) is 11.3 Å². The fourth-order valence-corrected chi connectivity index (χ4v) is 1.24. The molecule has 0 heterocycles. The van der Waals surface area contributed by atoms with Crippen molar-refractivity contribution >= 4 is 28.6 Å². The fourth-order valence-electron chi connectivity index (χ4n) is 0.685. The molecule has 1 rings (SSSR count). The van der Waals surface area contributed by atoms with Crippen LogP contribution >= 0.6 is 28.6 Å². The van der Waals surface area contributed by atoms with E-state index in [4.69, 9.17) is 0 Å². The smallest absolute Gasteiger partial charge is 0.137 e. The second-order valence-corrected chi connectivity index (χ2v) is 3.19. The van der Waals surface area contributed by atoms with Gasteiger partial charge >= 0.3 is 0 Å². The van der Waals surface area contributed by atoms with Crippen LogP contribution in [0.3, 0.4) is 0 Å². The monoisotopic (exact) mass is 238 g/mol. The van der Waals surface area contributed by atoms with Crippen molar-refractivity contribution in [1.82, 2.24) is 0 Å². The summed E-state index contributed by atoms with van der Waals surface area (Å²) in [6.07, 6.45) is 0. The summed E-state index contributed by atoms with van der Waals surface area (Å²) in [7, 11) is 0. The van der Waals surface area contributed by atoms with E-state index in [9.17, 15) is 8.78 Å². The van der Waals surface area contributed by atoms with Gasteiger partial charge in [-0.2, -0.15) is 12.6 Å². The molecule has 0 atom stereocenters. The molecule has 0 amide bonds. The van der Waals surface area contributed by atoms with Gasteiger partial charge in [-0.3, -0.25) is 0 Å². The number of benzene rings is 1. The molecule has 1 aromatic rings. The first kappa shape index (κ1) is 9.00. The Morgan fingerprint density at radius 1 is 1.27 bits per heavy atom. The highest BCUT2D eigenvalue weighted by molar-refractivity contribution is 9.10. The van der Waals surface area contributed by atoms with Crippen LogP contribution in [-0.2, 0) is 5.75 Å². The van der Waals surface area contributed by atoms with Gasteiger partial charge in [-0.25, -0.2) is 8.78 Å². The largest absolute Gasteiger partial charge is 0.207 e. The van der Waals surface area contributed by atoms with Crippen molar-refractivity contribution in [2.45, 2.75) is 5.75 Å². The van der Waals surface area contributed by atoms with Gasteiger partial charge in [0.25, 0.3) is 0 Å². The van der Waals surface area contributed by atoms with Crippen LogP contribution < -0.4 is 0 Å². The first-order chi connectivity index (χ1) is 5.15. The standard InChI is InChI=1S/C7H5BrF2S/c8-5-2-6(9)4(3-11)1-7(5)10/h1-2,11H,3H2. The van der Waals surface area contributed by atoms with Crippen molar-refractivity contribution in [2.75, 3.05) is 0 Å². The van der Waals surface area contributed by atoms with E-state index in [1.807, 2.05) is 0 Å². The second-order valence-electron chi connectivity index (χ2n) is 2.02. The third-order valence-electron chi connectivity index (χ3n) is 1.26. The quantitative estimate of drug-likeness (QED) is 0.564. The number of halogens is 3. The van der Waals surface area contributed by atoms with Crippen LogP contribution in [0.15, 0.2) is 16.6 Å². The molecular weight excluding hydrogens is 234 g/mol. The molecule has 0 aliphatic carbocycles. The van der Waals surface area contributed by atoms with Crippen LogP contribution in [0.5, 0.6) is 0 Å².